The van der Waals surface area contributed by atoms with Gasteiger partial charge < -0.3 is 24.8 Å². The van der Waals surface area contributed by atoms with Gasteiger partial charge >= 0.3 is 0 Å². The molecule has 0 aromatic carbocycles. The van der Waals surface area contributed by atoms with Crippen LogP contribution in [-0.4, -0.2) is 60.1 Å². The number of aliphatic hydroxyl groups is 3. The summed E-state index contributed by atoms with van der Waals surface area (Å²) in [5.41, 5.74) is 0. The molecule has 1 heterocycles. The maximum atomic E-state index is 9.90. The molecule has 90 valence electrons. The highest BCUT2D eigenvalue weighted by Crippen LogP contribution is 2.27. The van der Waals surface area contributed by atoms with Gasteiger partial charge in [0.25, 0.3) is 0 Å². The molecule has 5 heteroatoms. The van der Waals surface area contributed by atoms with Gasteiger partial charge in [-0.3, -0.25) is 0 Å². The fraction of sp³-hybridized carbons (Fsp3) is 1.00. The Morgan fingerprint density at radius 2 is 1.80 bits per heavy atom. The van der Waals surface area contributed by atoms with Crippen LogP contribution in [0.2, 0.25) is 0 Å². The van der Waals surface area contributed by atoms with Crippen LogP contribution in [0.1, 0.15) is 13.3 Å². The molecule has 0 aliphatic carbocycles. The first kappa shape index (κ1) is 12.9. The predicted octanol–water partition coefficient (Wildman–Crippen LogP) is -0.860. The van der Waals surface area contributed by atoms with Gasteiger partial charge in [0, 0.05) is 13.0 Å². The van der Waals surface area contributed by atoms with Gasteiger partial charge in [0.2, 0.25) is 0 Å². The molecule has 0 spiro atoms. The van der Waals surface area contributed by atoms with Crippen molar-refractivity contribution in [2.24, 2.45) is 5.92 Å². The molecule has 1 aliphatic rings. The van der Waals surface area contributed by atoms with E-state index in [9.17, 15) is 10.2 Å². The lowest BCUT2D eigenvalue weighted by molar-refractivity contribution is -0.216. The van der Waals surface area contributed by atoms with Crippen LogP contribution in [0.3, 0.4) is 0 Å². The first-order chi connectivity index (χ1) is 7.15. The summed E-state index contributed by atoms with van der Waals surface area (Å²) in [6.45, 7) is 1.91. The van der Waals surface area contributed by atoms with Gasteiger partial charge in [-0.05, 0) is 6.42 Å². The van der Waals surface area contributed by atoms with E-state index in [0.717, 1.165) is 0 Å². The maximum Gasteiger partial charge on any atom is 0.107 e. The van der Waals surface area contributed by atoms with Crippen LogP contribution in [0.4, 0.5) is 0 Å². The van der Waals surface area contributed by atoms with E-state index in [-0.39, 0.29) is 19.3 Å². The molecule has 1 saturated heterocycles. The molecule has 5 unspecified atom stereocenters. The first-order valence-electron chi connectivity index (χ1n) is 5.27. The van der Waals surface area contributed by atoms with Gasteiger partial charge in [-0.15, -0.1) is 0 Å². The summed E-state index contributed by atoms with van der Waals surface area (Å²) in [7, 11) is 1.52. The second-order valence-electron chi connectivity index (χ2n) is 3.90. The highest BCUT2D eigenvalue weighted by molar-refractivity contribution is 4.91. The van der Waals surface area contributed by atoms with Crippen LogP contribution in [0, 0.1) is 5.92 Å². The molecule has 15 heavy (non-hydrogen) atoms. The number of aliphatic hydroxyl groups excluding tert-OH is 3. The van der Waals surface area contributed by atoms with Crippen LogP contribution in [0.5, 0.6) is 0 Å². The summed E-state index contributed by atoms with van der Waals surface area (Å²) < 4.78 is 10.3. The average Bonchev–Trinajstić information content (AvgIpc) is 2.25. The molecule has 1 aliphatic heterocycles. The number of methoxy groups -OCH3 is 1. The Bertz CT molecular complexity index is 171. The monoisotopic (exact) mass is 220 g/mol. The zero-order chi connectivity index (χ0) is 11.4. The van der Waals surface area contributed by atoms with Crippen LogP contribution >= 0.6 is 0 Å². The van der Waals surface area contributed by atoms with E-state index in [0.29, 0.717) is 6.42 Å². The van der Waals surface area contributed by atoms with E-state index in [4.69, 9.17) is 14.6 Å². The lowest BCUT2D eigenvalue weighted by Gasteiger charge is -2.42. The standard InChI is InChI=1S/C10H20O5/c1-3-7-9(12)6(5-14-2)10(13)8(4-11)15-7/h6-13H,3-5H2,1-2H3. The van der Waals surface area contributed by atoms with Crippen molar-refractivity contribution in [3.05, 3.63) is 0 Å². The van der Waals surface area contributed by atoms with Gasteiger partial charge in [-0.25, -0.2) is 0 Å². The van der Waals surface area contributed by atoms with E-state index in [2.05, 4.69) is 0 Å². The van der Waals surface area contributed by atoms with Crippen molar-refractivity contribution in [3.63, 3.8) is 0 Å². The van der Waals surface area contributed by atoms with E-state index < -0.39 is 24.2 Å². The van der Waals surface area contributed by atoms with E-state index >= 15 is 0 Å². The quantitative estimate of drug-likeness (QED) is 0.574. The molecule has 1 fully saturated rings. The SMILES string of the molecule is CCC1OC(CO)C(O)C(COC)C1O. The molecule has 0 radical (unpaired) electrons. The van der Waals surface area contributed by atoms with Gasteiger partial charge in [0.1, 0.15) is 6.10 Å². The van der Waals surface area contributed by atoms with E-state index in [1.807, 2.05) is 6.92 Å². The fourth-order valence-corrected chi connectivity index (χ4v) is 2.02. The summed E-state index contributed by atoms with van der Waals surface area (Å²) in [5.74, 6) is -0.397. The maximum absolute atomic E-state index is 9.90. The molecule has 0 saturated carbocycles. The average molecular weight is 220 g/mol. The molecule has 5 nitrogen and oxygen atoms in total. The number of ether oxygens (including phenoxy) is 2. The minimum absolute atomic E-state index is 0.245. The predicted molar refractivity (Wildman–Crippen MR) is 53.4 cm³/mol. The van der Waals surface area contributed by atoms with Crippen molar-refractivity contribution in [1.82, 2.24) is 0 Å². The third kappa shape index (κ3) is 2.68. The van der Waals surface area contributed by atoms with Crippen LogP contribution in [0.25, 0.3) is 0 Å². The number of rotatable bonds is 4. The van der Waals surface area contributed by atoms with Gasteiger partial charge in [-0.2, -0.15) is 0 Å². The summed E-state index contributed by atoms with van der Waals surface area (Å²) in [6.07, 6.45) is -1.95. The third-order valence-corrected chi connectivity index (χ3v) is 2.93. The van der Waals surface area contributed by atoms with Crippen molar-refractivity contribution in [2.75, 3.05) is 20.3 Å². The molecule has 1 rings (SSSR count). The van der Waals surface area contributed by atoms with Crippen molar-refractivity contribution in [1.29, 1.82) is 0 Å². The van der Waals surface area contributed by atoms with Gasteiger partial charge in [-0.1, -0.05) is 6.92 Å². The second kappa shape index (κ2) is 5.77. The van der Waals surface area contributed by atoms with Crippen molar-refractivity contribution in [2.45, 2.75) is 37.8 Å². The first-order valence-corrected chi connectivity index (χ1v) is 5.27. The second-order valence-corrected chi connectivity index (χ2v) is 3.90. The number of hydrogen-bond donors (Lipinski definition) is 3. The number of hydrogen-bond acceptors (Lipinski definition) is 5. The lowest BCUT2D eigenvalue weighted by atomic mass is 9.86. The Morgan fingerprint density at radius 3 is 2.27 bits per heavy atom. The molecule has 3 N–H and O–H groups in total. The molecule has 5 atom stereocenters. The van der Waals surface area contributed by atoms with Crippen molar-refractivity contribution in [3.8, 4) is 0 Å². The van der Waals surface area contributed by atoms with E-state index in [1.165, 1.54) is 7.11 Å². The summed E-state index contributed by atoms with van der Waals surface area (Å²) >= 11 is 0. The smallest absolute Gasteiger partial charge is 0.107 e. The molecule has 0 amide bonds. The fourth-order valence-electron chi connectivity index (χ4n) is 2.02. The molecule has 0 aromatic heterocycles. The Kier molecular flexibility index (Phi) is 4.95. The van der Waals surface area contributed by atoms with Crippen molar-refractivity contribution >= 4 is 0 Å². The summed E-state index contributed by atoms with van der Waals surface area (Å²) in [5, 5.41) is 28.8. The Balaban J connectivity index is 2.71. The summed E-state index contributed by atoms with van der Waals surface area (Å²) in [6, 6.07) is 0. The Hall–Kier alpha value is -0.200. The Morgan fingerprint density at radius 1 is 1.20 bits per heavy atom. The van der Waals surface area contributed by atoms with Crippen molar-refractivity contribution < 1.29 is 24.8 Å². The zero-order valence-corrected chi connectivity index (χ0v) is 9.17. The van der Waals surface area contributed by atoms with E-state index in [1.54, 1.807) is 0 Å². The Labute approximate surface area is 89.6 Å². The molecular formula is C10H20O5. The van der Waals surface area contributed by atoms with Gasteiger partial charge in [0.15, 0.2) is 0 Å². The largest absolute Gasteiger partial charge is 0.394 e. The normalized spacial score (nSPS) is 41.8. The third-order valence-electron chi connectivity index (χ3n) is 2.93. The van der Waals surface area contributed by atoms with Crippen LogP contribution in [0.15, 0.2) is 0 Å². The highest BCUT2D eigenvalue weighted by atomic mass is 16.5. The lowest BCUT2D eigenvalue weighted by Crippen LogP contribution is -2.56. The van der Waals surface area contributed by atoms with Gasteiger partial charge in [0.05, 0.1) is 31.5 Å². The summed E-state index contributed by atoms with van der Waals surface area (Å²) in [4.78, 5) is 0. The minimum atomic E-state index is -0.882. The topological polar surface area (TPSA) is 79.2 Å². The van der Waals surface area contributed by atoms with Crippen LogP contribution in [-0.2, 0) is 9.47 Å². The molecule has 0 aromatic rings. The zero-order valence-electron chi connectivity index (χ0n) is 9.17. The van der Waals surface area contributed by atoms with Crippen LogP contribution < -0.4 is 0 Å². The minimum Gasteiger partial charge on any atom is -0.394 e. The molecular weight excluding hydrogens is 200 g/mol. The molecule has 0 bridgehead atoms. The highest BCUT2D eigenvalue weighted by Gasteiger charge is 2.43.